The molecule has 0 aliphatic heterocycles. The summed E-state index contributed by atoms with van der Waals surface area (Å²) in [5.74, 6) is 0.660. The van der Waals surface area contributed by atoms with E-state index in [1.807, 2.05) is 13.8 Å². The molecule has 0 heterocycles. The minimum atomic E-state index is -0.843. The molecule has 0 saturated heterocycles. The number of Topliss-reactive ketones (excluding diaryl/α,β-unsaturated/α-hetero) is 1. The third-order valence-corrected chi connectivity index (χ3v) is 3.26. The van der Waals surface area contributed by atoms with Crippen molar-refractivity contribution >= 4 is 5.78 Å². The van der Waals surface area contributed by atoms with Crippen molar-refractivity contribution in [2.24, 2.45) is 17.3 Å². The first-order chi connectivity index (χ1) is 5.71. The lowest BCUT2D eigenvalue weighted by Crippen LogP contribution is -2.41. The van der Waals surface area contributed by atoms with Gasteiger partial charge in [0.1, 0.15) is 6.10 Å². The first kappa shape index (κ1) is 12.6. The van der Waals surface area contributed by atoms with E-state index in [2.05, 4.69) is 20.8 Å². The van der Waals surface area contributed by atoms with Gasteiger partial charge in [0.2, 0.25) is 0 Å². The molecule has 2 atom stereocenters. The maximum absolute atomic E-state index is 11.1. The van der Waals surface area contributed by atoms with E-state index in [1.165, 1.54) is 6.92 Å². The van der Waals surface area contributed by atoms with Gasteiger partial charge >= 0.3 is 0 Å². The summed E-state index contributed by atoms with van der Waals surface area (Å²) in [4.78, 5) is 11.1. The van der Waals surface area contributed by atoms with E-state index >= 15 is 0 Å². The molecule has 0 spiro atoms. The summed E-state index contributed by atoms with van der Waals surface area (Å²) in [6, 6.07) is 0. The van der Waals surface area contributed by atoms with Crippen molar-refractivity contribution < 1.29 is 9.90 Å². The Balaban J connectivity index is 4.64. The summed E-state index contributed by atoms with van der Waals surface area (Å²) in [5.41, 5.74) is -0.333. The number of hydrogen-bond acceptors (Lipinski definition) is 2. The molecule has 0 bridgehead atoms. The van der Waals surface area contributed by atoms with E-state index in [4.69, 9.17) is 0 Å². The van der Waals surface area contributed by atoms with E-state index < -0.39 is 6.10 Å². The minimum absolute atomic E-state index is 0.141. The zero-order chi connectivity index (χ0) is 10.8. The second-order valence-electron chi connectivity index (χ2n) is 4.87. The van der Waals surface area contributed by atoms with Gasteiger partial charge in [0.15, 0.2) is 5.78 Å². The zero-order valence-electron chi connectivity index (χ0n) is 9.59. The summed E-state index contributed by atoms with van der Waals surface area (Å²) < 4.78 is 0. The van der Waals surface area contributed by atoms with Crippen LogP contribution in [-0.2, 0) is 4.79 Å². The van der Waals surface area contributed by atoms with Crippen LogP contribution < -0.4 is 0 Å². The largest absolute Gasteiger partial charge is 0.385 e. The summed E-state index contributed by atoms with van der Waals surface area (Å²) in [6.07, 6.45) is -0.843. The second kappa shape index (κ2) is 4.23. The summed E-state index contributed by atoms with van der Waals surface area (Å²) in [6.45, 7) is 11.6. The highest BCUT2D eigenvalue weighted by Crippen LogP contribution is 2.35. The van der Waals surface area contributed by atoms with Crippen LogP contribution >= 0.6 is 0 Å². The normalized spacial score (nSPS) is 17.2. The molecule has 2 nitrogen and oxygen atoms in total. The lowest BCUT2D eigenvalue weighted by Gasteiger charge is -2.37. The molecule has 0 aromatic heterocycles. The SMILES string of the molecule is CC(=O)C(O)C(C)(C)C(C)C(C)C. The number of carbonyl (C=O) groups is 1. The number of aliphatic hydroxyl groups is 1. The van der Waals surface area contributed by atoms with Crippen LogP contribution in [0.25, 0.3) is 0 Å². The smallest absolute Gasteiger partial charge is 0.158 e. The molecule has 0 aliphatic carbocycles. The molecule has 0 aliphatic rings. The average Bonchev–Trinajstić information content (AvgIpc) is 2.01. The van der Waals surface area contributed by atoms with Crippen LogP contribution in [0.1, 0.15) is 41.5 Å². The molecule has 0 aromatic carbocycles. The van der Waals surface area contributed by atoms with Crippen molar-refractivity contribution in [3.63, 3.8) is 0 Å². The minimum Gasteiger partial charge on any atom is -0.385 e. The van der Waals surface area contributed by atoms with E-state index in [9.17, 15) is 9.90 Å². The zero-order valence-corrected chi connectivity index (χ0v) is 9.59. The van der Waals surface area contributed by atoms with Gasteiger partial charge in [-0.05, 0) is 18.8 Å². The maximum atomic E-state index is 11.1. The van der Waals surface area contributed by atoms with Crippen LogP contribution in [-0.4, -0.2) is 17.0 Å². The van der Waals surface area contributed by atoms with Gasteiger partial charge in [-0.25, -0.2) is 0 Å². The van der Waals surface area contributed by atoms with Crippen LogP contribution in [0.4, 0.5) is 0 Å². The molecule has 0 saturated carbocycles. The van der Waals surface area contributed by atoms with Gasteiger partial charge in [-0.2, -0.15) is 0 Å². The Morgan fingerprint density at radius 2 is 1.62 bits per heavy atom. The molecule has 0 amide bonds. The Morgan fingerprint density at radius 1 is 1.23 bits per heavy atom. The van der Waals surface area contributed by atoms with Gasteiger partial charge in [0, 0.05) is 5.41 Å². The number of ketones is 1. The van der Waals surface area contributed by atoms with Crippen molar-refractivity contribution in [3.05, 3.63) is 0 Å². The average molecular weight is 186 g/mol. The van der Waals surface area contributed by atoms with Crippen molar-refractivity contribution in [2.45, 2.75) is 47.6 Å². The standard InChI is InChI=1S/C11H22O2/c1-7(2)8(3)11(5,6)10(13)9(4)12/h7-8,10,13H,1-6H3. The summed E-state index contributed by atoms with van der Waals surface area (Å²) in [5, 5.41) is 9.72. The fourth-order valence-corrected chi connectivity index (χ4v) is 1.63. The molecular formula is C11H22O2. The van der Waals surface area contributed by atoms with Crippen molar-refractivity contribution in [2.75, 3.05) is 0 Å². The molecule has 0 fully saturated rings. The Hall–Kier alpha value is -0.370. The Morgan fingerprint density at radius 3 is 1.85 bits per heavy atom. The molecule has 0 rings (SSSR count). The van der Waals surface area contributed by atoms with Crippen molar-refractivity contribution in [1.82, 2.24) is 0 Å². The first-order valence-corrected chi connectivity index (χ1v) is 4.89. The van der Waals surface area contributed by atoms with E-state index in [0.717, 1.165) is 0 Å². The predicted octanol–water partition coefficient (Wildman–Crippen LogP) is 2.25. The lowest BCUT2D eigenvalue weighted by atomic mass is 9.69. The van der Waals surface area contributed by atoms with Gasteiger partial charge in [0.05, 0.1) is 0 Å². The van der Waals surface area contributed by atoms with Gasteiger partial charge in [0.25, 0.3) is 0 Å². The number of rotatable bonds is 4. The van der Waals surface area contributed by atoms with Gasteiger partial charge in [-0.1, -0.05) is 34.6 Å². The molecular weight excluding hydrogens is 164 g/mol. The highest BCUT2D eigenvalue weighted by atomic mass is 16.3. The monoisotopic (exact) mass is 186 g/mol. The molecule has 0 radical (unpaired) electrons. The van der Waals surface area contributed by atoms with E-state index in [0.29, 0.717) is 11.8 Å². The third kappa shape index (κ3) is 2.80. The predicted molar refractivity (Wildman–Crippen MR) is 54.5 cm³/mol. The first-order valence-electron chi connectivity index (χ1n) is 4.89. The Kier molecular flexibility index (Phi) is 4.11. The van der Waals surface area contributed by atoms with Crippen molar-refractivity contribution in [1.29, 1.82) is 0 Å². The van der Waals surface area contributed by atoms with E-state index in [-0.39, 0.29) is 11.2 Å². The highest BCUT2D eigenvalue weighted by Gasteiger charge is 2.37. The van der Waals surface area contributed by atoms with Crippen LogP contribution in [0.2, 0.25) is 0 Å². The highest BCUT2D eigenvalue weighted by molar-refractivity contribution is 5.81. The fraction of sp³-hybridized carbons (Fsp3) is 0.909. The van der Waals surface area contributed by atoms with Crippen LogP contribution in [0.15, 0.2) is 0 Å². The van der Waals surface area contributed by atoms with E-state index in [1.54, 1.807) is 0 Å². The molecule has 0 aromatic rings. The molecule has 78 valence electrons. The Bertz CT molecular complexity index is 183. The number of carbonyl (C=O) groups excluding carboxylic acids is 1. The number of hydrogen-bond donors (Lipinski definition) is 1. The lowest BCUT2D eigenvalue weighted by molar-refractivity contribution is -0.133. The fourth-order valence-electron chi connectivity index (χ4n) is 1.63. The molecule has 13 heavy (non-hydrogen) atoms. The molecule has 2 heteroatoms. The number of aliphatic hydroxyl groups excluding tert-OH is 1. The van der Waals surface area contributed by atoms with Crippen LogP contribution in [0, 0.1) is 17.3 Å². The maximum Gasteiger partial charge on any atom is 0.158 e. The van der Waals surface area contributed by atoms with Gasteiger partial charge in [-0.15, -0.1) is 0 Å². The Labute approximate surface area is 81.3 Å². The van der Waals surface area contributed by atoms with Crippen molar-refractivity contribution in [3.8, 4) is 0 Å². The molecule has 2 unspecified atom stereocenters. The second-order valence-corrected chi connectivity index (χ2v) is 4.87. The quantitative estimate of drug-likeness (QED) is 0.731. The third-order valence-electron chi connectivity index (χ3n) is 3.26. The van der Waals surface area contributed by atoms with Crippen LogP contribution in [0.3, 0.4) is 0 Å². The summed E-state index contributed by atoms with van der Waals surface area (Å²) >= 11 is 0. The van der Waals surface area contributed by atoms with Gasteiger partial charge < -0.3 is 5.11 Å². The van der Waals surface area contributed by atoms with Crippen LogP contribution in [0.5, 0.6) is 0 Å². The molecule has 1 N–H and O–H groups in total. The summed E-state index contributed by atoms with van der Waals surface area (Å²) in [7, 11) is 0. The topological polar surface area (TPSA) is 37.3 Å². The van der Waals surface area contributed by atoms with Gasteiger partial charge in [-0.3, -0.25) is 4.79 Å².